The molecule has 0 radical (unpaired) electrons. The third-order valence-corrected chi connectivity index (χ3v) is 2.95. The van der Waals surface area contributed by atoms with Crippen molar-refractivity contribution >= 4 is 5.78 Å². The minimum Gasteiger partial charge on any atom is -0.482 e. The molecule has 0 aliphatic carbocycles. The van der Waals surface area contributed by atoms with Gasteiger partial charge in [0.05, 0.1) is 0 Å². The van der Waals surface area contributed by atoms with E-state index in [0.717, 1.165) is 23.3 Å². The molecular formula is C16H14F2O2. The summed E-state index contributed by atoms with van der Waals surface area (Å²) in [5.41, 5.74) is 2.35. The van der Waals surface area contributed by atoms with Crippen molar-refractivity contribution in [1.82, 2.24) is 0 Å². The van der Waals surface area contributed by atoms with Crippen LogP contribution in [0.15, 0.2) is 36.4 Å². The second-order valence-electron chi connectivity index (χ2n) is 4.60. The Labute approximate surface area is 116 Å². The van der Waals surface area contributed by atoms with Crippen LogP contribution < -0.4 is 4.74 Å². The fourth-order valence-electron chi connectivity index (χ4n) is 1.85. The molecule has 0 fully saturated rings. The normalized spacial score (nSPS) is 10.4. The average molecular weight is 276 g/mol. The Kier molecular flexibility index (Phi) is 4.13. The minimum absolute atomic E-state index is 0.134. The summed E-state index contributed by atoms with van der Waals surface area (Å²) in [6.07, 6.45) is 0. The lowest BCUT2D eigenvalue weighted by atomic mass is 10.0. The maximum absolute atomic E-state index is 13.4. The van der Waals surface area contributed by atoms with Crippen LogP contribution in [0.2, 0.25) is 0 Å². The Hall–Kier alpha value is -2.23. The van der Waals surface area contributed by atoms with Crippen molar-refractivity contribution < 1.29 is 18.3 Å². The summed E-state index contributed by atoms with van der Waals surface area (Å²) in [5, 5.41) is 0. The monoisotopic (exact) mass is 276 g/mol. The number of carbonyl (C=O) groups is 1. The van der Waals surface area contributed by atoms with E-state index >= 15 is 0 Å². The third-order valence-electron chi connectivity index (χ3n) is 2.95. The molecule has 0 N–H and O–H groups in total. The molecule has 0 saturated carbocycles. The molecule has 0 aromatic heterocycles. The number of hydrogen-bond donors (Lipinski definition) is 0. The summed E-state index contributed by atoms with van der Waals surface area (Å²) in [6, 6.07) is 8.50. The maximum atomic E-state index is 13.4. The number of ether oxygens (including phenoxy) is 1. The van der Waals surface area contributed by atoms with Gasteiger partial charge >= 0.3 is 0 Å². The summed E-state index contributed by atoms with van der Waals surface area (Å²) < 4.78 is 31.2. The van der Waals surface area contributed by atoms with E-state index in [0.29, 0.717) is 5.56 Å². The highest BCUT2D eigenvalue weighted by atomic mass is 19.1. The third kappa shape index (κ3) is 3.20. The summed E-state index contributed by atoms with van der Waals surface area (Å²) in [5.74, 6) is -1.88. The number of ketones is 1. The first kappa shape index (κ1) is 14.2. The second kappa shape index (κ2) is 5.82. The Morgan fingerprint density at radius 2 is 1.85 bits per heavy atom. The molecule has 0 heterocycles. The fourth-order valence-corrected chi connectivity index (χ4v) is 1.85. The van der Waals surface area contributed by atoms with Gasteiger partial charge in [-0.1, -0.05) is 17.7 Å². The van der Waals surface area contributed by atoms with Gasteiger partial charge in [-0.05, 0) is 37.6 Å². The van der Waals surface area contributed by atoms with Crippen molar-refractivity contribution in [3.05, 3.63) is 64.7 Å². The number of Topliss-reactive ketones (excluding diaryl/α,β-unsaturated/α-hetero) is 1. The van der Waals surface area contributed by atoms with Gasteiger partial charge in [0.1, 0.15) is 5.82 Å². The fraction of sp³-hybridized carbons (Fsp3) is 0.188. The topological polar surface area (TPSA) is 26.3 Å². The first-order valence-corrected chi connectivity index (χ1v) is 6.15. The number of aryl methyl sites for hydroxylation is 2. The molecule has 20 heavy (non-hydrogen) atoms. The molecule has 0 aliphatic rings. The van der Waals surface area contributed by atoms with Gasteiger partial charge in [0.15, 0.2) is 24.0 Å². The van der Waals surface area contributed by atoms with E-state index in [1.54, 1.807) is 6.07 Å². The van der Waals surface area contributed by atoms with Crippen molar-refractivity contribution in [2.75, 3.05) is 6.61 Å². The summed E-state index contributed by atoms with van der Waals surface area (Å²) in [4.78, 5) is 12.0. The zero-order valence-corrected chi connectivity index (χ0v) is 11.2. The number of halogens is 2. The molecule has 104 valence electrons. The molecular weight excluding hydrogens is 262 g/mol. The van der Waals surface area contributed by atoms with Gasteiger partial charge in [0, 0.05) is 11.6 Å². The summed E-state index contributed by atoms with van der Waals surface area (Å²) in [7, 11) is 0. The van der Waals surface area contributed by atoms with E-state index in [2.05, 4.69) is 0 Å². The zero-order valence-electron chi connectivity index (χ0n) is 11.2. The van der Waals surface area contributed by atoms with E-state index in [4.69, 9.17) is 4.74 Å². The summed E-state index contributed by atoms with van der Waals surface area (Å²) >= 11 is 0. The van der Waals surface area contributed by atoms with Gasteiger partial charge in [-0.25, -0.2) is 8.78 Å². The molecule has 2 aromatic carbocycles. The van der Waals surface area contributed by atoms with Crippen molar-refractivity contribution in [1.29, 1.82) is 0 Å². The van der Waals surface area contributed by atoms with Gasteiger partial charge in [0.2, 0.25) is 0 Å². The Balaban J connectivity index is 2.10. The highest BCUT2D eigenvalue weighted by Gasteiger charge is 2.12. The maximum Gasteiger partial charge on any atom is 0.200 e. The lowest BCUT2D eigenvalue weighted by Gasteiger charge is -2.09. The predicted octanol–water partition coefficient (Wildman–Crippen LogP) is 3.84. The number of carbonyl (C=O) groups excluding carboxylic acids is 1. The van der Waals surface area contributed by atoms with Crippen LogP contribution in [-0.4, -0.2) is 12.4 Å². The SMILES string of the molecule is Cc1ccc(C)c(C(=O)COc2ccc(F)cc2F)c1. The Morgan fingerprint density at radius 1 is 1.10 bits per heavy atom. The van der Waals surface area contributed by atoms with Crippen LogP contribution in [0.25, 0.3) is 0 Å². The number of benzene rings is 2. The molecule has 0 spiro atoms. The molecule has 0 amide bonds. The van der Waals surface area contributed by atoms with Crippen molar-refractivity contribution in [3.63, 3.8) is 0 Å². The Bertz CT molecular complexity index is 651. The van der Waals surface area contributed by atoms with E-state index in [-0.39, 0.29) is 18.1 Å². The van der Waals surface area contributed by atoms with Gasteiger partial charge in [-0.3, -0.25) is 4.79 Å². The molecule has 2 rings (SSSR count). The smallest absolute Gasteiger partial charge is 0.200 e. The molecule has 4 heteroatoms. The number of rotatable bonds is 4. The standard InChI is InChI=1S/C16H14F2O2/c1-10-3-4-11(2)13(7-10)15(19)9-20-16-6-5-12(17)8-14(16)18/h3-8H,9H2,1-2H3. The first-order valence-electron chi connectivity index (χ1n) is 6.15. The minimum atomic E-state index is -0.821. The van der Waals surface area contributed by atoms with E-state index in [9.17, 15) is 13.6 Å². The highest BCUT2D eigenvalue weighted by molar-refractivity contribution is 5.98. The van der Waals surface area contributed by atoms with Crippen molar-refractivity contribution in [2.24, 2.45) is 0 Å². The van der Waals surface area contributed by atoms with Gasteiger partial charge in [-0.15, -0.1) is 0 Å². The average Bonchev–Trinajstić information content (AvgIpc) is 2.40. The van der Waals surface area contributed by atoms with Gasteiger partial charge in [-0.2, -0.15) is 0 Å². The van der Waals surface area contributed by atoms with Crippen LogP contribution >= 0.6 is 0 Å². The zero-order chi connectivity index (χ0) is 14.7. The van der Waals surface area contributed by atoms with Crippen LogP contribution in [0, 0.1) is 25.5 Å². The Morgan fingerprint density at radius 3 is 2.55 bits per heavy atom. The van der Waals surface area contributed by atoms with Crippen molar-refractivity contribution in [2.45, 2.75) is 13.8 Å². The molecule has 2 aromatic rings. The molecule has 0 bridgehead atoms. The van der Waals surface area contributed by atoms with Crippen molar-refractivity contribution in [3.8, 4) is 5.75 Å². The van der Waals surface area contributed by atoms with E-state index in [1.807, 2.05) is 26.0 Å². The van der Waals surface area contributed by atoms with E-state index in [1.165, 1.54) is 6.07 Å². The van der Waals surface area contributed by atoms with Crippen LogP contribution in [0.4, 0.5) is 8.78 Å². The lowest BCUT2D eigenvalue weighted by molar-refractivity contribution is 0.0918. The number of hydrogen-bond acceptors (Lipinski definition) is 2. The van der Waals surface area contributed by atoms with Gasteiger partial charge < -0.3 is 4.74 Å². The molecule has 0 atom stereocenters. The van der Waals surface area contributed by atoms with Crippen LogP contribution in [0.3, 0.4) is 0 Å². The van der Waals surface area contributed by atoms with Crippen LogP contribution in [0.1, 0.15) is 21.5 Å². The molecule has 0 unspecified atom stereocenters. The van der Waals surface area contributed by atoms with Gasteiger partial charge in [0.25, 0.3) is 0 Å². The predicted molar refractivity (Wildman–Crippen MR) is 72.1 cm³/mol. The lowest BCUT2D eigenvalue weighted by Crippen LogP contribution is -2.13. The van der Waals surface area contributed by atoms with E-state index < -0.39 is 11.6 Å². The molecule has 0 aliphatic heterocycles. The molecule has 0 saturated heterocycles. The van der Waals surface area contributed by atoms with Crippen LogP contribution in [-0.2, 0) is 0 Å². The van der Waals surface area contributed by atoms with Crippen LogP contribution in [0.5, 0.6) is 5.75 Å². The largest absolute Gasteiger partial charge is 0.482 e. The quantitative estimate of drug-likeness (QED) is 0.793. The first-order chi connectivity index (χ1) is 9.47. The second-order valence-corrected chi connectivity index (χ2v) is 4.60. The highest BCUT2D eigenvalue weighted by Crippen LogP contribution is 2.18. The summed E-state index contributed by atoms with van der Waals surface area (Å²) in [6.45, 7) is 3.43. The molecule has 2 nitrogen and oxygen atoms in total.